The van der Waals surface area contributed by atoms with Gasteiger partial charge in [0.1, 0.15) is 24.1 Å². The highest BCUT2D eigenvalue weighted by molar-refractivity contribution is 5.77. The second-order valence-corrected chi connectivity index (χ2v) is 17.9. The van der Waals surface area contributed by atoms with Gasteiger partial charge < -0.3 is 39.4 Å². The Balaban J connectivity index is 1.48. The largest absolute Gasteiger partial charge is 0.458 e. The zero-order valence-corrected chi connectivity index (χ0v) is 30.5. The lowest BCUT2D eigenvalue weighted by Crippen LogP contribution is -2.62. The Morgan fingerprint density at radius 3 is 2.23 bits per heavy atom. The molecule has 0 radical (unpaired) electrons. The van der Waals surface area contributed by atoms with E-state index in [0.29, 0.717) is 19.1 Å². The van der Waals surface area contributed by atoms with Gasteiger partial charge in [0.25, 0.3) is 0 Å². The highest BCUT2D eigenvalue weighted by Gasteiger charge is 2.66. The van der Waals surface area contributed by atoms with Crippen LogP contribution >= 0.6 is 0 Å². The molecular weight excluding hydrogens is 616 g/mol. The maximum absolute atomic E-state index is 13.3. The number of allylic oxidation sites excluding steroid dienone is 2. The average Bonchev–Trinajstić information content (AvgIpc) is 3.24. The molecule has 1 heterocycles. The fraction of sp³-hybridized carbons (Fsp3) is 0.868. The lowest BCUT2D eigenvalue weighted by Gasteiger charge is -2.63. The zero-order valence-electron chi connectivity index (χ0n) is 30.5. The molecule has 0 amide bonds. The van der Waals surface area contributed by atoms with E-state index in [1.807, 2.05) is 0 Å². The van der Waals surface area contributed by atoms with Crippen LogP contribution in [0.2, 0.25) is 0 Å². The van der Waals surface area contributed by atoms with Gasteiger partial charge in [0.05, 0.1) is 11.7 Å². The maximum atomic E-state index is 13.3. The first-order valence-electron chi connectivity index (χ1n) is 18.1. The third-order valence-corrected chi connectivity index (χ3v) is 14.3. The van der Waals surface area contributed by atoms with Crippen molar-refractivity contribution in [2.45, 2.75) is 168 Å². The molecule has 5 rings (SSSR count). The lowest BCUT2D eigenvalue weighted by molar-refractivity contribution is -0.247. The summed E-state index contributed by atoms with van der Waals surface area (Å²) in [6.45, 7) is 17.2. The van der Waals surface area contributed by atoms with Gasteiger partial charge in [0, 0.05) is 24.7 Å². The van der Waals surface area contributed by atoms with E-state index in [4.69, 9.17) is 14.2 Å². The Hall–Kier alpha value is -1.85. The molecule has 48 heavy (non-hydrogen) atoms. The second-order valence-electron chi connectivity index (χ2n) is 17.9. The minimum Gasteiger partial charge on any atom is -0.458 e. The Kier molecular flexibility index (Phi) is 9.69. The predicted molar refractivity (Wildman–Crippen MR) is 177 cm³/mol. The van der Waals surface area contributed by atoms with Gasteiger partial charge >= 0.3 is 11.9 Å². The molecule has 0 bridgehead atoms. The molecule has 4 N–H and O–H groups in total. The van der Waals surface area contributed by atoms with E-state index in [2.05, 4.69) is 34.6 Å². The first kappa shape index (κ1) is 37.4. The van der Waals surface area contributed by atoms with Gasteiger partial charge in [-0.15, -0.1) is 0 Å². The molecule has 1 aliphatic heterocycles. The summed E-state index contributed by atoms with van der Waals surface area (Å²) in [6, 6.07) is 0. The Bertz CT molecular complexity index is 1310. The number of carbonyl (C=O) groups is 3. The van der Waals surface area contributed by atoms with Crippen molar-refractivity contribution in [2.24, 2.45) is 39.4 Å². The number of esters is 2. The van der Waals surface area contributed by atoms with Crippen molar-refractivity contribution in [2.75, 3.05) is 0 Å². The number of hydrogen-bond donors (Lipinski definition) is 4. The SMILES string of the molecule is CC(=O)O[C@H]1[C@H](OC(=O)[C@H](O)[C@@](C)(O)CC=O)C[C@]2(C)C3=C(CC[C@H]2C1(C)C)[C@]1(C)CC[C@H]([C@H]2CC[C@H](C(C)(C)O)O[C@H]2O)[C@@]1(C)CC3. The fourth-order valence-corrected chi connectivity index (χ4v) is 11.5. The molecule has 10 heteroatoms. The monoisotopic (exact) mass is 676 g/mol. The molecule has 0 aromatic carbocycles. The van der Waals surface area contributed by atoms with Gasteiger partial charge in [-0.2, -0.15) is 0 Å². The van der Waals surface area contributed by atoms with Crippen LogP contribution in [0.25, 0.3) is 0 Å². The minimum atomic E-state index is -2.00. The molecule has 12 atom stereocenters. The number of hydrogen-bond acceptors (Lipinski definition) is 10. The first-order chi connectivity index (χ1) is 22.0. The highest BCUT2D eigenvalue weighted by atomic mass is 16.6. The summed E-state index contributed by atoms with van der Waals surface area (Å²) in [5, 5.41) is 43.1. The normalized spacial score (nSPS) is 42.8. The number of ether oxygens (including phenoxy) is 3. The molecule has 0 aromatic heterocycles. The van der Waals surface area contributed by atoms with E-state index < -0.39 is 65.7 Å². The Labute approximate surface area is 286 Å². The Morgan fingerprint density at radius 2 is 1.65 bits per heavy atom. The summed E-state index contributed by atoms with van der Waals surface area (Å²) in [5.41, 5.74) is -1.28. The lowest BCUT2D eigenvalue weighted by atomic mass is 9.43. The van der Waals surface area contributed by atoms with Crippen molar-refractivity contribution in [3.8, 4) is 0 Å². The molecule has 0 aromatic rings. The fourth-order valence-electron chi connectivity index (χ4n) is 11.5. The molecule has 0 unspecified atom stereocenters. The van der Waals surface area contributed by atoms with Crippen LogP contribution in [0.3, 0.4) is 0 Å². The van der Waals surface area contributed by atoms with Crippen LogP contribution in [0, 0.1) is 39.4 Å². The smallest absolute Gasteiger partial charge is 0.338 e. The van der Waals surface area contributed by atoms with Crippen molar-refractivity contribution in [1.29, 1.82) is 0 Å². The number of aldehydes is 1. The zero-order chi connectivity index (χ0) is 35.8. The van der Waals surface area contributed by atoms with Gasteiger partial charge in [-0.25, -0.2) is 4.79 Å². The summed E-state index contributed by atoms with van der Waals surface area (Å²) in [6.07, 6.45) is 2.64. The number of carbonyl (C=O) groups excluding carboxylic acids is 3. The number of rotatable bonds is 8. The van der Waals surface area contributed by atoms with E-state index in [9.17, 15) is 34.8 Å². The molecule has 3 fully saturated rings. The van der Waals surface area contributed by atoms with Crippen molar-refractivity contribution in [3.05, 3.63) is 11.1 Å². The standard InChI is InChI=1S/C38H60O10/c1-21(40)46-30-26(47-32(43)29(41)38(9,45)18-19-39)20-35(6)24-15-17-36(7)23(22-10-13-28(34(4,5)44)48-31(22)42)14-16-37(36,8)25(24)11-12-27(35)33(30,2)3/h19,22-23,26-31,41-42,44-45H,10-18,20H2,1-9H3/t22-,23-,26-,27+,28-,29+,30+,31-,35-,36-,37+,38+/m1/s1. The van der Waals surface area contributed by atoms with Crippen molar-refractivity contribution in [3.63, 3.8) is 0 Å². The quantitative estimate of drug-likeness (QED) is 0.160. The van der Waals surface area contributed by atoms with Crippen molar-refractivity contribution >= 4 is 18.2 Å². The first-order valence-corrected chi connectivity index (χ1v) is 18.1. The number of aliphatic hydroxyl groups is 4. The highest BCUT2D eigenvalue weighted by Crippen LogP contribution is 2.73. The summed E-state index contributed by atoms with van der Waals surface area (Å²) in [7, 11) is 0. The van der Waals surface area contributed by atoms with Gasteiger partial charge in [-0.05, 0) is 107 Å². The molecule has 2 saturated carbocycles. The van der Waals surface area contributed by atoms with Crippen LogP contribution in [0.4, 0.5) is 0 Å². The van der Waals surface area contributed by atoms with Gasteiger partial charge in [-0.3, -0.25) is 4.79 Å². The van der Waals surface area contributed by atoms with Crippen LogP contribution in [-0.2, 0) is 28.6 Å². The topological polar surface area (TPSA) is 160 Å². The van der Waals surface area contributed by atoms with Crippen molar-refractivity contribution < 1.29 is 49.0 Å². The minimum absolute atomic E-state index is 0.00533. The van der Waals surface area contributed by atoms with Crippen LogP contribution in [0.15, 0.2) is 11.1 Å². The van der Waals surface area contributed by atoms with Gasteiger partial charge in [0.2, 0.25) is 0 Å². The summed E-state index contributed by atoms with van der Waals surface area (Å²) < 4.78 is 17.9. The van der Waals surface area contributed by atoms with Crippen LogP contribution in [0.5, 0.6) is 0 Å². The maximum Gasteiger partial charge on any atom is 0.338 e. The van der Waals surface area contributed by atoms with E-state index in [0.717, 1.165) is 44.9 Å². The van der Waals surface area contributed by atoms with E-state index >= 15 is 0 Å². The van der Waals surface area contributed by atoms with E-state index in [1.54, 1.807) is 13.8 Å². The average molecular weight is 677 g/mol. The summed E-state index contributed by atoms with van der Waals surface area (Å²) in [5.74, 6) is -1.14. The third kappa shape index (κ3) is 5.89. The van der Waals surface area contributed by atoms with Crippen LogP contribution in [0.1, 0.15) is 127 Å². The molecule has 1 saturated heterocycles. The van der Waals surface area contributed by atoms with E-state index in [-0.39, 0.29) is 34.0 Å². The molecular formula is C38H60O10. The summed E-state index contributed by atoms with van der Waals surface area (Å²) in [4.78, 5) is 36.8. The number of aliphatic hydroxyl groups excluding tert-OH is 2. The van der Waals surface area contributed by atoms with Gasteiger partial charge in [0.15, 0.2) is 12.4 Å². The van der Waals surface area contributed by atoms with Crippen LogP contribution in [-0.4, -0.2) is 80.6 Å². The Morgan fingerprint density at radius 1 is 0.979 bits per heavy atom. The molecule has 272 valence electrons. The molecule has 0 spiro atoms. The van der Waals surface area contributed by atoms with Crippen LogP contribution < -0.4 is 0 Å². The van der Waals surface area contributed by atoms with E-state index in [1.165, 1.54) is 25.0 Å². The predicted octanol–water partition coefficient (Wildman–Crippen LogP) is 4.77. The molecule has 5 aliphatic rings. The number of fused-ring (bicyclic) bond motifs is 4. The third-order valence-electron chi connectivity index (χ3n) is 14.3. The second kappa shape index (κ2) is 12.4. The summed E-state index contributed by atoms with van der Waals surface area (Å²) >= 11 is 0. The molecule has 4 aliphatic carbocycles. The van der Waals surface area contributed by atoms with Crippen molar-refractivity contribution in [1.82, 2.24) is 0 Å². The molecule has 10 nitrogen and oxygen atoms in total. The van der Waals surface area contributed by atoms with Gasteiger partial charge in [-0.1, -0.05) is 45.8 Å².